The van der Waals surface area contributed by atoms with Crippen LogP contribution >= 0.6 is 0 Å². The molecule has 0 saturated carbocycles. The molecular formula is C10H18F2N2O4. The van der Waals surface area contributed by atoms with Gasteiger partial charge in [-0.15, -0.1) is 0 Å². The minimum absolute atomic E-state index is 0.249. The number of aliphatic carboxylic acids is 1. The minimum Gasteiger partial charge on any atom is -0.480 e. The number of carbonyl (C=O) groups excluding carboxylic acids is 1. The molecule has 3 N–H and O–H groups in total. The number of alkyl halides is 2. The highest BCUT2D eigenvalue weighted by Gasteiger charge is 2.23. The summed E-state index contributed by atoms with van der Waals surface area (Å²) in [4.78, 5) is 21.9. The van der Waals surface area contributed by atoms with Gasteiger partial charge in [0.25, 0.3) is 6.43 Å². The predicted octanol–water partition coefficient (Wildman–Crippen LogP) is 0.819. The summed E-state index contributed by atoms with van der Waals surface area (Å²) in [7, 11) is 0. The topological polar surface area (TPSA) is 87.7 Å². The lowest BCUT2D eigenvalue weighted by Crippen LogP contribution is -2.50. The SMILES string of the molecule is CC(C)(C)OC[C@H](NC(=O)NCC(F)F)C(=O)O. The number of carbonyl (C=O) groups is 2. The molecule has 2 amide bonds. The van der Waals surface area contributed by atoms with Gasteiger partial charge in [0.05, 0.1) is 18.8 Å². The number of carboxylic acids is 1. The van der Waals surface area contributed by atoms with E-state index >= 15 is 0 Å². The maximum absolute atomic E-state index is 11.8. The Morgan fingerprint density at radius 2 is 1.89 bits per heavy atom. The third-order valence-electron chi connectivity index (χ3n) is 1.70. The van der Waals surface area contributed by atoms with Gasteiger partial charge in [-0.25, -0.2) is 18.4 Å². The van der Waals surface area contributed by atoms with Gasteiger partial charge in [-0.3, -0.25) is 0 Å². The fourth-order valence-electron chi connectivity index (χ4n) is 0.887. The van der Waals surface area contributed by atoms with E-state index in [4.69, 9.17) is 9.84 Å². The van der Waals surface area contributed by atoms with Crippen molar-refractivity contribution in [1.82, 2.24) is 10.6 Å². The smallest absolute Gasteiger partial charge is 0.328 e. The molecule has 0 aromatic rings. The van der Waals surface area contributed by atoms with Crippen LogP contribution in [0, 0.1) is 0 Å². The highest BCUT2D eigenvalue weighted by atomic mass is 19.3. The van der Waals surface area contributed by atoms with Crippen molar-refractivity contribution in [3.8, 4) is 0 Å². The first-order valence-corrected chi connectivity index (χ1v) is 5.31. The van der Waals surface area contributed by atoms with Crippen LogP contribution in [0.3, 0.4) is 0 Å². The molecule has 0 aliphatic rings. The van der Waals surface area contributed by atoms with Crippen molar-refractivity contribution in [2.75, 3.05) is 13.2 Å². The van der Waals surface area contributed by atoms with Gasteiger partial charge in [0.2, 0.25) is 0 Å². The molecule has 18 heavy (non-hydrogen) atoms. The Kier molecular flexibility index (Phi) is 6.53. The number of nitrogens with one attached hydrogen (secondary N) is 2. The minimum atomic E-state index is -2.69. The molecule has 0 radical (unpaired) electrons. The Hall–Kier alpha value is -1.44. The van der Waals surface area contributed by atoms with Crippen LogP contribution in [0.15, 0.2) is 0 Å². The Balaban J connectivity index is 4.19. The van der Waals surface area contributed by atoms with Gasteiger partial charge in [0, 0.05) is 0 Å². The second-order valence-corrected chi connectivity index (χ2v) is 4.56. The molecule has 1 atom stereocenters. The van der Waals surface area contributed by atoms with Crippen molar-refractivity contribution in [3.05, 3.63) is 0 Å². The zero-order valence-corrected chi connectivity index (χ0v) is 10.5. The molecule has 0 aromatic heterocycles. The number of carboxylic acid groups (broad SMARTS) is 1. The quantitative estimate of drug-likeness (QED) is 0.665. The molecule has 106 valence electrons. The van der Waals surface area contributed by atoms with E-state index in [1.54, 1.807) is 20.8 Å². The summed E-state index contributed by atoms with van der Waals surface area (Å²) in [6.45, 7) is 4.09. The molecule has 0 spiro atoms. The number of halogens is 2. The molecule has 0 fully saturated rings. The average molecular weight is 268 g/mol. The Morgan fingerprint density at radius 1 is 1.33 bits per heavy atom. The van der Waals surface area contributed by atoms with Gasteiger partial charge >= 0.3 is 12.0 Å². The van der Waals surface area contributed by atoms with Crippen LogP contribution in [-0.4, -0.2) is 48.3 Å². The fraction of sp³-hybridized carbons (Fsp3) is 0.800. The molecule has 6 nitrogen and oxygen atoms in total. The lowest BCUT2D eigenvalue weighted by atomic mass is 10.2. The Bertz CT molecular complexity index is 292. The maximum atomic E-state index is 11.8. The molecule has 0 aliphatic carbocycles. The van der Waals surface area contributed by atoms with Crippen LogP contribution in [0.4, 0.5) is 13.6 Å². The van der Waals surface area contributed by atoms with Gasteiger partial charge in [-0.05, 0) is 20.8 Å². The van der Waals surface area contributed by atoms with Crippen LogP contribution in [0.2, 0.25) is 0 Å². The van der Waals surface area contributed by atoms with Crippen LogP contribution in [0.1, 0.15) is 20.8 Å². The highest BCUT2D eigenvalue weighted by molar-refractivity contribution is 5.82. The summed E-state index contributed by atoms with van der Waals surface area (Å²) in [5.74, 6) is -1.30. The molecule has 0 heterocycles. The first-order valence-electron chi connectivity index (χ1n) is 5.31. The average Bonchev–Trinajstić information content (AvgIpc) is 2.19. The lowest BCUT2D eigenvalue weighted by molar-refractivity contribution is -0.142. The highest BCUT2D eigenvalue weighted by Crippen LogP contribution is 2.07. The zero-order valence-electron chi connectivity index (χ0n) is 10.5. The second-order valence-electron chi connectivity index (χ2n) is 4.56. The molecule has 0 bridgehead atoms. The van der Waals surface area contributed by atoms with E-state index in [1.807, 2.05) is 10.6 Å². The van der Waals surface area contributed by atoms with Crippen LogP contribution in [0.5, 0.6) is 0 Å². The summed E-state index contributed by atoms with van der Waals surface area (Å²) in [5.41, 5.74) is -0.561. The second kappa shape index (κ2) is 7.10. The van der Waals surface area contributed by atoms with E-state index in [2.05, 4.69) is 0 Å². The molecule has 0 aromatic carbocycles. The van der Waals surface area contributed by atoms with Crippen LogP contribution in [-0.2, 0) is 9.53 Å². The van der Waals surface area contributed by atoms with E-state index < -0.39 is 36.6 Å². The lowest BCUT2D eigenvalue weighted by Gasteiger charge is -2.23. The normalized spacial score (nSPS) is 13.2. The van der Waals surface area contributed by atoms with E-state index in [0.29, 0.717) is 0 Å². The van der Waals surface area contributed by atoms with Gasteiger partial charge in [0.1, 0.15) is 0 Å². The van der Waals surface area contributed by atoms with Crippen molar-refractivity contribution >= 4 is 12.0 Å². The van der Waals surface area contributed by atoms with Crippen molar-refractivity contribution in [3.63, 3.8) is 0 Å². The summed E-state index contributed by atoms with van der Waals surface area (Å²) in [5, 5.41) is 12.7. The maximum Gasteiger partial charge on any atom is 0.328 e. The monoisotopic (exact) mass is 268 g/mol. The third kappa shape index (κ3) is 8.68. The first-order chi connectivity index (χ1) is 8.11. The molecule has 0 saturated heterocycles. The first kappa shape index (κ1) is 16.6. The summed E-state index contributed by atoms with van der Waals surface area (Å²) < 4.78 is 28.8. The molecule has 0 unspecified atom stereocenters. The van der Waals surface area contributed by atoms with Gasteiger partial charge in [-0.1, -0.05) is 0 Å². The van der Waals surface area contributed by atoms with Crippen molar-refractivity contribution in [2.24, 2.45) is 0 Å². The van der Waals surface area contributed by atoms with Crippen molar-refractivity contribution in [2.45, 2.75) is 38.8 Å². The standard InChI is InChI=1S/C10H18F2N2O4/c1-10(2,3)18-5-6(8(15)16)14-9(17)13-4-7(11)12/h6-7H,4-5H2,1-3H3,(H,15,16)(H2,13,14,17)/t6-/m0/s1. The molecule has 0 aliphatic heterocycles. The molecular weight excluding hydrogens is 250 g/mol. The number of urea groups is 1. The van der Waals surface area contributed by atoms with Gasteiger partial charge < -0.3 is 20.5 Å². The number of hydrogen-bond acceptors (Lipinski definition) is 3. The third-order valence-corrected chi connectivity index (χ3v) is 1.70. The van der Waals surface area contributed by atoms with Gasteiger partial charge in [0.15, 0.2) is 6.04 Å². The van der Waals surface area contributed by atoms with E-state index in [0.717, 1.165) is 0 Å². The zero-order chi connectivity index (χ0) is 14.3. The summed E-state index contributed by atoms with van der Waals surface area (Å²) in [6.07, 6.45) is -2.69. The van der Waals surface area contributed by atoms with E-state index in [9.17, 15) is 18.4 Å². The van der Waals surface area contributed by atoms with E-state index in [-0.39, 0.29) is 6.61 Å². The molecule has 0 rings (SSSR count). The number of rotatable bonds is 6. The number of ether oxygens (including phenoxy) is 1. The summed E-state index contributed by atoms with van der Waals surface area (Å²) in [6, 6.07) is -2.26. The number of hydrogen-bond donors (Lipinski definition) is 3. The van der Waals surface area contributed by atoms with Crippen molar-refractivity contribution < 1.29 is 28.2 Å². The van der Waals surface area contributed by atoms with Gasteiger partial charge in [-0.2, -0.15) is 0 Å². The van der Waals surface area contributed by atoms with Crippen molar-refractivity contribution in [1.29, 1.82) is 0 Å². The summed E-state index contributed by atoms with van der Waals surface area (Å²) >= 11 is 0. The fourth-order valence-corrected chi connectivity index (χ4v) is 0.887. The Labute approximate surface area is 104 Å². The van der Waals surface area contributed by atoms with Crippen LogP contribution < -0.4 is 10.6 Å². The molecule has 8 heteroatoms. The van der Waals surface area contributed by atoms with Crippen LogP contribution in [0.25, 0.3) is 0 Å². The predicted molar refractivity (Wildman–Crippen MR) is 59.7 cm³/mol. The Morgan fingerprint density at radius 3 is 2.28 bits per heavy atom. The number of amides is 2. The van der Waals surface area contributed by atoms with E-state index in [1.165, 1.54) is 0 Å². The largest absolute Gasteiger partial charge is 0.480 e.